The van der Waals surface area contributed by atoms with E-state index in [0.717, 1.165) is 5.92 Å². The van der Waals surface area contributed by atoms with Crippen LogP contribution in [0.25, 0.3) is 0 Å². The zero-order valence-corrected chi connectivity index (χ0v) is 16.8. The highest BCUT2D eigenvalue weighted by Crippen LogP contribution is 2.12. The molecular formula is C23H46. The number of hydrogen-bond donors (Lipinski definition) is 0. The van der Waals surface area contributed by atoms with Gasteiger partial charge in [0.25, 0.3) is 0 Å². The second-order valence-electron chi connectivity index (χ2n) is 7.83. The maximum Gasteiger partial charge on any atom is -0.0351 e. The highest BCUT2D eigenvalue weighted by atomic mass is 14.0. The van der Waals surface area contributed by atoms with E-state index >= 15 is 0 Å². The zero-order valence-electron chi connectivity index (χ0n) is 16.8. The van der Waals surface area contributed by atoms with Crippen LogP contribution < -0.4 is 0 Å². The van der Waals surface area contributed by atoms with Crippen molar-refractivity contribution in [3.8, 4) is 0 Å². The molecule has 0 saturated heterocycles. The van der Waals surface area contributed by atoms with Gasteiger partial charge >= 0.3 is 0 Å². The third-order valence-electron chi connectivity index (χ3n) is 4.79. The standard InChI is InChI=1S/C23H46/c1-4-5-6-7-8-9-10-11-12-13-14-15-16-17-18-19-20-21-22-23(2)3/h15-16,23H,4-14,17-22H2,1-3H3. The fourth-order valence-corrected chi connectivity index (χ4v) is 3.15. The first-order valence-electron chi connectivity index (χ1n) is 10.9. The van der Waals surface area contributed by atoms with Crippen molar-refractivity contribution in [2.75, 3.05) is 0 Å². The molecule has 0 heterocycles. The van der Waals surface area contributed by atoms with E-state index < -0.39 is 0 Å². The number of allylic oxidation sites excluding steroid dienone is 2. The summed E-state index contributed by atoms with van der Waals surface area (Å²) >= 11 is 0. The second kappa shape index (κ2) is 19.8. The first-order chi connectivity index (χ1) is 11.3. The molecule has 0 aliphatic heterocycles. The molecule has 0 N–H and O–H groups in total. The van der Waals surface area contributed by atoms with Gasteiger partial charge in [-0.3, -0.25) is 0 Å². The van der Waals surface area contributed by atoms with E-state index in [2.05, 4.69) is 32.9 Å². The highest BCUT2D eigenvalue weighted by molar-refractivity contribution is 4.81. The lowest BCUT2D eigenvalue weighted by Crippen LogP contribution is -1.86. The summed E-state index contributed by atoms with van der Waals surface area (Å²) in [5.41, 5.74) is 0. The Morgan fingerprint density at radius 2 is 0.913 bits per heavy atom. The molecule has 0 bridgehead atoms. The van der Waals surface area contributed by atoms with Gasteiger partial charge in [-0.2, -0.15) is 0 Å². The largest absolute Gasteiger partial charge is 0.0885 e. The Balaban J connectivity index is 3.06. The zero-order chi connectivity index (χ0) is 17.0. The third kappa shape index (κ3) is 21.7. The maximum atomic E-state index is 2.43. The molecule has 0 radical (unpaired) electrons. The van der Waals surface area contributed by atoms with Gasteiger partial charge in [0.1, 0.15) is 0 Å². The van der Waals surface area contributed by atoms with Crippen molar-refractivity contribution < 1.29 is 0 Å². The fourth-order valence-electron chi connectivity index (χ4n) is 3.15. The third-order valence-corrected chi connectivity index (χ3v) is 4.79. The predicted molar refractivity (Wildman–Crippen MR) is 108 cm³/mol. The van der Waals surface area contributed by atoms with E-state index in [1.807, 2.05) is 0 Å². The van der Waals surface area contributed by atoms with E-state index in [-0.39, 0.29) is 0 Å². The Labute approximate surface area is 148 Å². The summed E-state index contributed by atoms with van der Waals surface area (Å²) in [6.45, 7) is 6.95. The minimum atomic E-state index is 0.885. The molecule has 0 fully saturated rings. The minimum absolute atomic E-state index is 0.885. The number of hydrogen-bond acceptors (Lipinski definition) is 0. The van der Waals surface area contributed by atoms with E-state index in [0.29, 0.717) is 0 Å². The molecule has 0 nitrogen and oxygen atoms in total. The molecule has 0 aliphatic carbocycles. The van der Waals surface area contributed by atoms with Gasteiger partial charge in [0, 0.05) is 0 Å². The molecule has 0 aromatic rings. The van der Waals surface area contributed by atoms with Gasteiger partial charge in [0.2, 0.25) is 0 Å². The van der Waals surface area contributed by atoms with Crippen LogP contribution in [0.3, 0.4) is 0 Å². The second-order valence-corrected chi connectivity index (χ2v) is 7.83. The molecule has 0 atom stereocenters. The van der Waals surface area contributed by atoms with Crippen LogP contribution in [0.1, 0.15) is 130 Å². The van der Waals surface area contributed by atoms with E-state index in [1.165, 1.54) is 109 Å². The molecule has 0 spiro atoms. The van der Waals surface area contributed by atoms with Crippen LogP contribution >= 0.6 is 0 Å². The Hall–Kier alpha value is -0.260. The van der Waals surface area contributed by atoms with Crippen molar-refractivity contribution in [1.29, 1.82) is 0 Å². The molecule has 0 rings (SSSR count). The van der Waals surface area contributed by atoms with E-state index in [1.54, 1.807) is 0 Å². The molecule has 0 aliphatic rings. The SMILES string of the molecule is CCCCCCCCCCCCC=CCCCCCCC(C)C. The Morgan fingerprint density at radius 1 is 0.522 bits per heavy atom. The molecule has 0 amide bonds. The summed E-state index contributed by atoms with van der Waals surface area (Å²) in [7, 11) is 0. The maximum absolute atomic E-state index is 2.43. The Kier molecular flexibility index (Phi) is 19.6. The van der Waals surface area contributed by atoms with Crippen molar-refractivity contribution >= 4 is 0 Å². The molecule has 0 saturated carbocycles. The monoisotopic (exact) mass is 322 g/mol. The predicted octanol–water partition coefficient (Wildman–Crippen LogP) is 8.85. The topological polar surface area (TPSA) is 0 Å². The molecular weight excluding hydrogens is 276 g/mol. The van der Waals surface area contributed by atoms with Crippen LogP contribution in [0, 0.1) is 5.92 Å². The van der Waals surface area contributed by atoms with Gasteiger partial charge < -0.3 is 0 Å². The quantitative estimate of drug-likeness (QED) is 0.174. The molecule has 23 heavy (non-hydrogen) atoms. The highest BCUT2D eigenvalue weighted by Gasteiger charge is 1.94. The van der Waals surface area contributed by atoms with Crippen LogP contribution in [0.5, 0.6) is 0 Å². The van der Waals surface area contributed by atoms with Crippen LogP contribution in [0.4, 0.5) is 0 Å². The molecule has 0 aromatic carbocycles. The first-order valence-corrected chi connectivity index (χ1v) is 10.9. The van der Waals surface area contributed by atoms with Crippen molar-refractivity contribution in [3.05, 3.63) is 12.2 Å². The Morgan fingerprint density at radius 3 is 1.35 bits per heavy atom. The van der Waals surface area contributed by atoms with Gasteiger partial charge in [-0.15, -0.1) is 0 Å². The number of rotatable bonds is 18. The van der Waals surface area contributed by atoms with E-state index in [9.17, 15) is 0 Å². The van der Waals surface area contributed by atoms with Gasteiger partial charge in [-0.05, 0) is 31.6 Å². The van der Waals surface area contributed by atoms with Crippen molar-refractivity contribution in [2.45, 2.75) is 130 Å². The smallest absolute Gasteiger partial charge is 0.0351 e. The van der Waals surface area contributed by atoms with Crippen molar-refractivity contribution in [2.24, 2.45) is 5.92 Å². The molecule has 0 heteroatoms. The number of unbranched alkanes of at least 4 members (excludes halogenated alkanes) is 14. The summed E-state index contributed by atoms with van der Waals surface area (Å²) in [5.74, 6) is 0.885. The summed E-state index contributed by atoms with van der Waals surface area (Å²) in [4.78, 5) is 0. The van der Waals surface area contributed by atoms with Gasteiger partial charge in [0.05, 0.1) is 0 Å². The average molecular weight is 323 g/mol. The van der Waals surface area contributed by atoms with Gasteiger partial charge in [-0.1, -0.05) is 116 Å². The fraction of sp³-hybridized carbons (Fsp3) is 0.913. The summed E-state index contributed by atoms with van der Waals surface area (Å²) in [6, 6.07) is 0. The van der Waals surface area contributed by atoms with Crippen LogP contribution in [-0.4, -0.2) is 0 Å². The molecule has 0 unspecified atom stereocenters. The lowest BCUT2D eigenvalue weighted by atomic mass is 10.0. The lowest BCUT2D eigenvalue weighted by Gasteiger charge is -2.03. The average Bonchev–Trinajstić information content (AvgIpc) is 2.53. The molecule has 138 valence electrons. The summed E-state index contributed by atoms with van der Waals surface area (Å²) in [5, 5.41) is 0. The Bertz CT molecular complexity index is 226. The van der Waals surface area contributed by atoms with Crippen LogP contribution in [0.2, 0.25) is 0 Å². The van der Waals surface area contributed by atoms with Crippen LogP contribution in [0.15, 0.2) is 12.2 Å². The van der Waals surface area contributed by atoms with E-state index in [4.69, 9.17) is 0 Å². The van der Waals surface area contributed by atoms with Crippen LogP contribution in [-0.2, 0) is 0 Å². The lowest BCUT2D eigenvalue weighted by molar-refractivity contribution is 0.521. The normalized spacial score (nSPS) is 11.8. The molecule has 0 aromatic heterocycles. The first kappa shape index (κ1) is 22.7. The summed E-state index contributed by atoms with van der Waals surface area (Å²) in [6.07, 6.45) is 29.0. The van der Waals surface area contributed by atoms with Crippen molar-refractivity contribution in [3.63, 3.8) is 0 Å². The summed E-state index contributed by atoms with van der Waals surface area (Å²) < 4.78 is 0. The van der Waals surface area contributed by atoms with Gasteiger partial charge in [0.15, 0.2) is 0 Å². The van der Waals surface area contributed by atoms with Crippen molar-refractivity contribution in [1.82, 2.24) is 0 Å². The minimum Gasteiger partial charge on any atom is -0.0885 e. The van der Waals surface area contributed by atoms with Gasteiger partial charge in [-0.25, -0.2) is 0 Å².